The fourth-order valence-corrected chi connectivity index (χ4v) is 5.78. The average Bonchev–Trinajstić information content (AvgIpc) is 3.34. The number of benzene rings is 3. The van der Waals surface area contributed by atoms with E-state index in [2.05, 4.69) is 96.2 Å². The van der Waals surface area contributed by atoms with E-state index >= 15 is 0 Å². The summed E-state index contributed by atoms with van der Waals surface area (Å²) in [5.74, 6) is 0. The third kappa shape index (κ3) is 2.52. The molecule has 0 saturated heterocycles. The van der Waals surface area contributed by atoms with Crippen molar-refractivity contribution in [2.45, 2.75) is 19.3 Å². The van der Waals surface area contributed by atoms with Crippen LogP contribution in [0, 0.1) is 0 Å². The molecule has 3 heterocycles. The van der Waals surface area contributed by atoms with Gasteiger partial charge in [0.1, 0.15) is 0 Å². The van der Waals surface area contributed by atoms with Crippen LogP contribution in [0.3, 0.4) is 0 Å². The van der Waals surface area contributed by atoms with Crippen LogP contribution in [-0.4, -0.2) is 14.5 Å². The quantitative estimate of drug-likeness (QED) is 0.280. The molecule has 6 aromatic rings. The average molecular weight is 438 g/mol. The maximum atomic E-state index is 4.83. The monoisotopic (exact) mass is 437 g/mol. The molecule has 162 valence electrons. The summed E-state index contributed by atoms with van der Waals surface area (Å²) in [5, 5.41) is 1.19. The molecule has 1 aliphatic carbocycles. The highest BCUT2D eigenvalue weighted by atomic mass is 15.0. The molecule has 3 nitrogen and oxygen atoms in total. The minimum Gasteiger partial charge on any atom is -0.307 e. The molecule has 0 fully saturated rings. The highest BCUT2D eigenvalue weighted by Crippen LogP contribution is 2.52. The van der Waals surface area contributed by atoms with Crippen molar-refractivity contribution in [2.75, 3.05) is 0 Å². The van der Waals surface area contributed by atoms with E-state index < -0.39 is 0 Å². The highest BCUT2D eigenvalue weighted by molar-refractivity contribution is 6.11. The minimum absolute atomic E-state index is 0.115. The number of pyridine rings is 2. The zero-order chi connectivity index (χ0) is 22.9. The highest BCUT2D eigenvalue weighted by Gasteiger charge is 2.38. The van der Waals surface area contributed by atoms with E-state index in [0.717, 1.165) is 28.0 Å². The molecule has 0 spiro atoms. The second-order valence-corrected chi connectivity index (χ2v) is 9.53. The number of aromatic nitrogens is 3. The van der Waals surface area contributed by atoms with E-state index in [1.165, 1.54) is 33.2 Å². The summed E-state index contributed by atoms with van der Waals surface area (Å²) in [6.45, 7) is 4.69. The van der Waals surface area contributed by atoms with Crippen molar-refractivity contribution in [3.63, 3.8) is 0 Å². The smallest absolute Gasteiger partial charge is 0.0963 e. The van der Waals surface area contributed by atoms with Crippen LogP contribution in [0.1, 0.15) is 25.0 Å². The van der Waals surface area contributed by atoms with Crippen molar-refractivity contribution in [2.24, 2.45) is 0 Å². The van der Waals surface area contributed by atoms with Crippen LogP contribution in [0.4, 0.5) is 0 Å². The first-order valence-corrected chi connectivity index (χ1v) is 11.7. The maximum absolute atomic E-state index is 4.83. The van der Waals surface area contributed by atoms with Gasteiger partial charge in [-0.2, -0.15) is 0 Å². The zero-order valence-electron chi connectivity index (χ0n) is 19.2. The van der Waals surface area contributed by atoms with E-state index in [9.17, 15) is 0 Å². The summed E-state index contributed by atoms with van der Waals surface area (Å²) < 4.78 is 2.40. The topological polar surface area (TPSA) is 30.7 Å². The Morgan fingerprint density at radius 2 is 1.56 bits per heavy atom. The van der Waals surface area contributed by atoms with Crippen LogP contribution < -0.4 is 0 Å². The molecule has 0 radical (unpaired) electrons. The van der Waals surface area contributed by atoms with E-state index in [1.807, 2.05) is 30.6 Å². The number of nitrogens with zero attached hydrogens (tertiary/aromatic N) is 3. The predicted molar refractivity (Wildman–Crippen MR) is 139 cm³/mol. The molecule has 34 heavy (non-hydrogen) atoms. The largest absolute Gasteiger partial charge is 0.307 e. The van der Waals surface area contributed by atoms with Crippen molar-refractivity contribution >= 4 is 21.9 Å². The van der Waals surface area contributed by atoms with Gasteiger partial charge in [-0.3, -0.25) is 9.97 Å². The van der Waals surface area contributed by atoms with Crippen molar-refractivity contribution in [1.82, 2.24) is 14.5 Å². The molecular weight excluding hydrogens is 414 g/mol. The molecule has 0 bridgehead atoms. The lowest BCUT2D eigenvalue weighted by molar-refractivity contribution is 0.664. The van der Waals surface area contributed by atoms with Gasteiger partial charge in [0, 0.05) is 34.4 Å². The summed E-state index contributed by atoms with van der Waals surface area (Å²) in [6, 6.07) is 32.3. The summed E-state index contributed by atoms with van der Waals surface area (Å²) in [5.41, 5.74) is 11.9. The Hall–Kier alpha value is -4.24. The fourth-order valence-electron chi connectivity index (χ4n) is 5.78. The Morgan fingerprint density at radius 1 is 0.706 bits per heavy atom. The van der Waals surface area contributed by atoms with Crippen molar-refractivity contribution in [1.29, 1.82) is 0 Å². The maximum Gasteiger partial charge on any atom is 0.0963 e. The molecule has 0 atom stereocenters. The lowest BCUT2D eigenvalue weighted by Gasteiger charge is -2.23. The summed E-state index contributed by atoms with van der Waals surface area (Å²) >= 11 is 0. The Kier molecular flexibility index (Phi) is 3.89. The number of hydrogen-bond donors (Lipinski definition) is 0. The van der Waals surface area contributed by atoms with Crippen LogP contribution >= 0.6 is 0 Å². The second-order valence-electron chi connectivity index (χ2n) is 9.53. The Morgan fingerprint density at radius 3 is 2.44 bits per heavy atom. The number of rotatable bonds is 2. The number of fused-ring (bicyclic) bond motifs is 7. The molecule has 0 N–H and O–H groups in total. The Bertz CT molecular complexity index is 1730. The van der Waals surface area contributed by atoms with Crippen LogP contribution in [-0.2, 0) is 5.41 Å². The molecule has 3 heteroatoms. The first kappa shape index (κ1) is 19.2. The van der Waals surface area contributed by atoms with Crippen LogP contribution in [0.25, 0.3) is 50.0 Å². The van der Waals surface area contributed by atoms with Gasteiger partial charge in [-0.25, -0.2) is 0 Å². The third-order valence-electron chi connectivity index (χ3n) is 7.26. The third-order valence-corrected chi connectivity index (χ3v) is 7.26. The normalized spacial score (nSPS) is 13.8. The van der Waals surface area contributed by atoms with Gasteiger partial charge in [0.25, 0.3) is 0 Å². The number of hydrogen-bond acceptors (Lipinski definition) is 2. The van der Waals surface area contributed by atoms with Gasteiger partial charge < -0.3 is 4.57 Å². The molecule has 0 amide bonds. The van der Waals surface area contributed by atoms with E-state index in [4.69, 9.17) is 4.98 Å². The first-order chi connectivity index (χ1) is 16.6. The van der Waals surface area contributed by atoms with Crippen molar-refractivity contribution in [3.8, 4) is 28.1 Å². The van der Waals surface area contributed by atoms with Gasteiger partial charge in [0.05, 0.1) is 22.2 Å². The standard InChI is InChI=1S/C31H23N3/c1-31(2)25-12-4-3-11-22(25)23-15-16-24-29-27(14-8-18-33-29)34(30(24)28(23)31)21-10-7-9-20(19-21)26-13-5-6-17-32-26/h3-19H,1-2H3. The van der Waals surface area contributed by atoms with Crippen LogP contribution in [0.15, 0.2) is 103 Å². The molecule has 0 saturated carbocycles. The van der Waals surface area contributed by atoms with E-state index in [0.29, 0.717) is 0 Å². The van der Waals surface area contributed by atoms with Gasteiger partial charge >= 0.3 is 0 Å². The molecule has 0 aliphatic heterocycles. The zero-order valence-corrected chi connectivity index (χ0v) is 19.2. The second kappa shape index (κ2) is 6.88. The molecular formula is C31H23N3. The van der Waals surface area contributed by atoms with Gasteiger partial charge in [0.15, 0.2) is 0 Å². The SMILES string of the molecule is CC1(C)c2ccccc2-c2ccc3c4ncccc4n(-c4cccc(-c5ccccn5)c4)c3c21. The molecule has 1 aliphatic rings. The lowest BCUT2D eigenvalue weighted by atomic mass is 9.81. The summed E-state index contributed by atoms with van der Waals surface area (Å²) in [7, 11) is 0. The molecule has 3 aromatic carbocycles. The van der Waals surface area contributed by atoms with Gasteiger partial charge in [0.2, 0.25) is 0 Å². The van der Waals surface area contributed by atoms with Crippen LogP contribution in [0.2, 0.25) is 0 Å². The van der Waals surface area contributed by atoms with Gasteiger partial charge in [-0.1, -0.05) is 62.4 Å². The molecule has 7 rings (SSSR count). The van der Waals surface area contributed by atoms with Crippen molar-refractivity contribution in [3.05, 3.63) is 115 Å². The van der Waals surface area contributed by atoms with Gasteiger partial charge in [-0.05, 0) is 64.7 Å². The summed E-state index contributed by atoms with van der Waals surface area (Å²) in [6.07, 6.45) is 3.74. The Balaban J connectivity index is 1.61. The minimum atomic E-state index is -0.115. The lowest BCUT2D eigenvalue weighted by Crippen LogP contribution is -2.16. The fraction of sp³-hybridized carbons (Fsp3) is 0.0968. The van der Waals surface area contributed by atoms with Crippen molar-refractivity contribution < 1.29 is 0 Å². The van der Waals surface area contributed by atoms with Gasteiger partial charge in [-0.15, -0.1) is 0 Å². The molecule has 0 unspecified atom stereocenters. The van der Waals surface area contributed by atoms with E-state index in [-0.39, 0.29) is 5.41 Å². The first-order valence-electron chi connectivity index (χ1n) is 11.7. The Labute approximate surface area is 198 Å². The van der Waals surface area contributed by atoms with E-state index in [1.54, 1.807) is 0 Å². The van der Waals surface area contributed by atoms with Crippen LogP contribution in [0.5, 0.6) is 0 Å². The predicted octanol–water partition coefficient (Wildman–Crippen LogP) is 7.55. The summed E-state index contributed by atoms with van der Waals surface area (Å²) in [4.78, 5) is 9.41. The molecule has 3 aromatic heterocycles.